The van der Waals surface area contributed by atoms with Crippen LogP contribution in [-0.4, -0.2) is 37.7 Å². The maximum Gasteiger partial charge on any atom is 0.347 e. The molecular weight excluding hydrogens is 369 g/mol. The zero-order chi connectivity index (χ0) is 20.7. The van der Waals surface area contributed by atoms with Crippen LogP contribution in [0, 0.1) is 12.7 Å². The van der Waals surface area contributed by atoms with Gasteiger partial charge in [-0.25, -0.2) is 14.0 Å². The van der Waals surface area contributed by atoms with Gasteiger partial charge in [0.05, 0.1) is 12.7 Å². The average molecular weight is 389 g/mol. The summed E-state index contributed by atoms with van der Waals surface area (Å²) in [5, 5.41) is 2.57. The minimum atomic E-state index is -0.984. The first-order chi connectivity index (χ1) is 13.3. The summed E-state index contributed by atoms with van der Waals surface area (Å²) in [4.78, 5) is 35.6. The Balaban J connectivity index is 1.88. The van der Waals surface area contributed by atoms with Crippen molar-refractivity contribution in [3.05, 3.63) is 59.4 Å². The highest BCUT2D eigenvalue weighted by Crippen LogP contribution is 2.18. The van der Waals surface area contributed by atoms with Gasteiger partial charge in [-0.05, 0) is 55.8 Å². The monoisotopic (exact) mass is 389 g/mol. The van der Waals surface area contributed by atoms with Crippen LogP contribution in [0.3, 0.4) is 0 Å². The van der Waals surface area contributed by atoms with Crippen molar-refractivity contribution >= 4 is 23.5 Å². The van der Waals surface area contributed by atoms with Crippen molar-refractivity contribution in [3.8, 4) is 5.75 Å². The van der Waals surface area contributed by atoms with Crippen molar-refractivity contribution in [1.29, 1.82) is 0 Å². The number of anilines is 1. The van der Waals surface area contributed by atoms with Gasteiger partial charge in [0.15, 0.2) is 12.7 Å². The van der Waals surface area contributed by atoms with Gasteiger partial charge in [-0.1, -0.05) is 6.07 Å². The molecule has 0 saturated carbocycles. The Hall–Kier alpha value is -3.42. The molecule has 0 heterocycles. The molecular formula is C20H20FNO6. The fourth-order valence-corrected chi connectivity index (χ4v) is 2.21. The van der Waals surface area contributed by atoms with Crippen molar-refractivity contribution in [2.45, 2.75) is 20.0 Å². The Morgan fingerprint density at radius 2 is 1.79 bits per heavy atom. The van der Waals surface area contributed by atoms with Gasteiger partial charge >= 0.3 is 11.9 Å². The molecule has 7 nitrogen and oxygen atoms in total. The zero-order valence-corrected chi connectivity index (χ0v) is 15.7. The number of esters is 2. The molecule has 2 rings (SSSR count). The van der Waals surface area contributed by atoms with E-state index in [2.05, 4.69) is 10.1 Å². The van der Waals surface area contributed by atoms with E-state index in [0.717, 1.165) is 5.56 Å². The average Bonchev–Trinajstić information content (AvgIpc) is 2.68. The Morgan fingerprint density at radius 1 is 1.11 bits per heavy atom. The lowest BCUT2D eigenvalue weighted by Gasteiger charge is -2.14. The summed E-state index contributed by atoms with van der Waals surface area (Å²) in [5.41, 5.74) is 1.40. The molecule has 0 aromatic heterocycles. The lowest BCUT2D eigenvalue weighted by molar-refractivity contribution is -0.153. The number of methoxy groups -OCH3 is 1. The predicted octanol–water partition coefficient (Wildman–Crippen LogP) is 2.87. The van der Waals surface area contributed by atoms with Crippen LogP contribution in [0.4, 0.5) is 10.1 Å². The van der Waals surface area contributed by atoms with E-state index in [-0.39, 0.29) is 5.56 Å². The summed E-state index contributed by atoms with van der Waals surface area (Å²) in [6, 6.07) is 9.86. The summed E-state index contributed by atoms with van der Waals surface area (Å²) in [6.07, 6.45) is -0.984. The predicted molar refractivity (Wildman–Crippen MR) is 98.6 cm³/mol. The molecule has 1 atom stereocenters. The molecule has 28 heavy (non-hydrogen) atoms. The van der Waals surface area contributed by atoms with E-state index in [0.29, 0.717) is 11.4 Å². The third-order valence-electron chi connectivity index (χ3n) is 3.74. The summed E-state index contributed by atoms with van der Waals surface area (Å²) >= 11 is 0. The topological polar surface area (TPSA) is 90.9 Å². The molecule has 0 aliphatic carbocycles. The number of hydrogen-bond donors (Lipinski definition) is 1. The van der Waals surface area contributed by atoms with Gasteiger partial charge in [-0.3, -0.25) is 4.79 Å². The van der Waals surface area contributed by atoms with Crippen molar-refractivity contribution in [2.75, 3.05) is 19.0 Å². The summed E-state index contributed by atoms with van der Waals surface area (Å²) in [5.74, 6) is -1.99. The molecule has 0 unspecified atom stereocenters. The second-order valence-corrected chi connectivity index (χ2v) is 5.89. The lowest BCUT2D eigenvalue weighted by atomic mass is 10.1. The van der Waals surface area contributed by atoms with Gasteiger partial charge in [-0.2, -0.15) is 0 Å². The molecule has 148 valence electrons. The molecule has 0 fully saturated rings. The smallest absolute Gasteiger partial charge is 0.347 e. The van der Waals surface area contributed by atoms with Gasteiger partial charge in [0.25, 0.3) is 5.91 Å². The molecule has 0 bridgehead atoms. The minimum Gasteiger partial charge on any atom is -0.479 e. The van der Waals surface area contributed by atoms with Gasteiger partial charge in [0.2, 0.25) is 0 Å². The van der Waals surface area contributed by atoms with Crippen LogP contribution >= 0.6 is 0 Å². The first-order valence-corrected chi connectivity index (χ1v) is 8.38. The molecule has 0 aliphatic heterocycles. The third-order valence-corrected chi connectivity index (χ3v) is 3.74. The second kappa shape index (κ2) is 9.50. The lowest BCUT2D eigenvalue weighted by Crippen LogP contribution is -2.29. The Morgan fingerprint density at radius 3 is 2.43 bits per heavy atom. The van der Waals surface area contributed by atoms with Gasteiger partial charge in [0, 0.05) is 5.69 Å². The molecule has 1 N–H and O–H groups in total. The van der Waals surface area contributed by atoms with E-state index >= 15 is 0 Å². The van der Waals surface area contributed by atoms with Crippen molar-refractivity contribution in [1.82, 2.24) is 0 Å². The van der Waals surface area contributed by atoms with Crippen LogP contribution < -0.4 is 10.1 Å². The van der Waals surface area contributed by atoms with Gasteiger partial charge in [0.1, 0.15) is 11.6 Å². The summed E-state index contributed by atoms with van der Waals surface area (Å²) < 4.78 is 27.8. The number of nitrogens with one attached hydrogen (secondary N) is 1. The molecule has 0 radical (unpaired) electrons. The number of hydrogen-bond acceptors (Lipinski definition) is 6. The maximum absolute atomic E-state index is 12.9. The minimum absolute atomic E-state index is 0.279. The van der Waals surface area contributed by atoms with Crippen molar-refractivity contribution in [3.63, 3.8) is 0 Å². The SMILES string of the molecule is COC(=O)c1ccc(C)c(NC(=O)COC(=O)[C@@H](C)Oc2ccc(F)cc2)c1. The number of benzene rings is 2. The molecule has 0 spiro atoms. The number of carbonyl (C=O) groups is 3. The van der Waals surface area contributed by atoms with E-state index in [1.54, 1.807) is 19.1 Å². The molecule has 2 aromatic carbocycles. The molecule has 1 amide bonds. The zero-order valence-electron chi connectivity index (χ0n) is 15.7. The largest absolute Gasteiger partial charge is 0.479 e. The first-order valence-electron chi connectivity index (χ1n) is 8.38. The number of carbonyl (C=O) groups excluding carboxylic acids is 3. The maximum atomic E-state index is 12.9. The number of rotatable bonds is 7. The van der Waals surface area contributed by atoms with E-state index in [4.69, 9.17) is 9.47 Å². The molecule has 8 heteroatoms. The second-order valence-electron chi connectivity index (χ2n) is 5.89. The van der Waals surface area contributed by atoms with E-state index < -0.39 is 36.4 Å². The fourth-order valence-electron chi connectivity index (χ4n) is 2.21. The summed E-state index contributed by atoms with van der Waals surface area (Å²) in [6.45, 7) is 2.67. The Bertz CT molecular complexity index is 865. The van der Waals surface area contributed by atoms with Crippen molar-refractivity contribution in [2.24, 2.45) is 0 Å². The summed E-state index contributed by atoms with van der Waals surface area (Å²) in [7, 11) is 1.26. The van der Waals surface area contributed by atoms with E-state index in [1.807, 2.05) is 0 Å². The molecule has 0 saturated heterocycles. The Labute approximate surface area is 161 Å². The fraction of sp³-hybridized carbons (Fsp3) is 0.250. The highest BCUT2D eigenvalue weighted by molar-refractivity contribution is 5.96. The molecule has 0 aliphatic rings. The van der Waals surface area contributed by atoms with Crippen LogP contribution in [-0.2, 0) is 19.1 Å². The van der Waals surface area contributed by atoms with Crippen LogP contribution in [0.15, 0.2) is 42.5 Å². The highest BCUT2D eigenvalue weighted by Gasteiger charge is 2.18. The van der Waals surface area contributed by atoms with E-state index in [9.17, 15) is 18.8 Å². The third kappa shape index (κ3) is 5.80. The van der Waals surface area contributed by atoms with Crippen LogP contribution in [0.2, 0.25) is 0 Å². The quantitative estimate of drug-likeness (QED) is 0.733. The standard InChI is InChI=1S/C20H20FNO6/c1-12-4-5-14(20(25)26-3)10-17(12)22-18(23)11-27-19(24)13(2)28-16-8-6-15(21)7-9-16/h4-10,13H,11H2,1-3H3,(H,22,23)/t13-/m1/s1. The van der Waals surface area contributed by atoms with Crippen LogP contribution in [0.25, 0.3) is 0 Å². The van der Waals surface area contributed by atoms with E-state index in [1.165, 1.54) is 44.4 Å². The van der Waals surface area contributed by atoms with Gasteiger partial charge < -0.3 is 19.5 Å². The van der Waals surface area contributed by atoms with Crippen LogP contribution in [0.5, 0.6) is 5.75 Å². The number of halogens is 1. The normalized spacial score (nSPS) is 11.3. The van der Waals surface area contributed by atoms with Crippen molar-refractivity contribution < 1.29 is 33.0 Å². The number of aryl methyl sites for hydroxylation is 1. The van der Waals surface area contributed by atoms with Gasteiger partial charge in [-0.15, -0.1) is 0 Å². The van der Waals surface area contributed by atoms with Crippen LogP contribution in [0.1, 0.15) is 22.8 Å². The molecule has 2 aromatic rings. The number of ether oxygens (including phenoxy) is 3. The Kier molecular flexibility index (Phi) is 7.08. The first kappa shape index (κ1) is 20.9. The highest BCUT2D eigenvalue weighted by atomic mass is 19.1. The number of amides is 1.